The van der Waals surface area contributed by atoms with Crippen molar-refractivity contribution in [2.24, 2.45) is 0 Å². The quantitative estimate of drug-likeness (QED) is 0.685. The maximum absolute atomic E-state index is 10.2. The van der Waals surface area contributed by atoms with E-state index >= 15 is 0 Å². The molecule has 0 saturated carbocycles. The average Bonchev–Trinajstić information content (AvgIpc) is 2.19. The van der Waals surface area contributed by atoms with Crippen LogP contribution in [0.2, 0.25) is 0 Å². The van der Waals surface area contributed by atoms with Crippen LogP contribution in [0.4, 0.5) is 0 Å². The van der Waals surface area contributed by atoms with E-state index in [-0.39, 0.29) is 5.41 Å². The molecule has 0 saturated heterocycles. The Morgan fingerprint density at radius 1 is 1.43 bits per heavy atom. The second-order valence-electron chi connectivity index (χ2n) is 3.98. The zero-order valence-corrected chi connectivity index (χ0v) is 8.91. The van der Waals surface area contributed by atoms with Crippen LogP contribution in [-0.4, -0.2) is 6.47 Å². The Hall–Kier alpha value is -1.31. The molecule has 0 unspecified atom stereocenters. The van der Waals surface area contributed by atoms with Crippen molar-refractivity contribution in [2.45, 2.75) is 32.6 Å². The molecule has 0 spiro atoms. The third-order valence-corrected chi connectivity index (χ3v) is 2.68. The summed E-state index contributed by atoms with van der Waals surface area (Å²) in [6, 6.07) is 7.66. The lowest BCUT2D eigenvalue weighted by molar-refractivity contribution is -0.120. The molecular weight excluding hydrogens is 176 g/mol. The average molecular weight is 192 g/mol. The summed E-state index contributed by atoms with van der Waals surface area (Å²) in [6.07, 6.45) is 1.05. The highest BCUT2D eigenvalue weighted by Gasteiger charge is 2.18. The second-order valence-corrected chi connectivity index (χ2v) is 3.98. The topological polar surface area (TPSA) is 26.3 Å². The van der Waals surface area contributed by atoms with Crippen molar-refractivity contribution in [1.82, 2.24) is 0 Å². The van der Waals surface area contributed by atoms with Gasteiger partial charge in [-0.2, -0.15) is 0 Å². The van der Waals surface area contributed by atoms with Gasteiger partial charge in [0.1, 0.15) is 5.75 Å². The highest BCUT2D eigenvalue weighted by Crippen LogP contribution is 2.28. The molecule has 0 aliphatic carbocycles. The van der Waals surface area contributed by atoms with Crippen molar-refractivity contribution in [2.75, 3.05) is 0 Å². The van der Waals surface area contributed by atoms with Crippen LogP contribution in [0.15, 0.2) is 24.3 Å². The molecule has 1 aromatic carbocycles. The number of carbonyl (C=O) groups excluding carboxylic acids is 1. The Kier molecular flexibility index (Phi) is 3.28. The van der Waals surface area contributed by atoms with Gasteiger partial charge in [0.15, 0.2) is 0 Å². The van der Waals surface area contributed by atoms with Crippen LogP contribution in [0.3, 0.4) is 0 Å². The largest absolute Gasteiger partial charge is 0.429 e. The van der Waals surface area contributed by atoms with E-state index in [1.54, 1.807) is 6.07 Å². The van der Waals surface area contributed by atoms with Gasteiger partial charge in [0.2, 0.25) is 0 Å². The summed E-state index contributed by atoms with van der Waals surface area (Å²) in [6.45, 7) is 6.95. The van der Waals surface area contributed by atoms with Crippen LogP contribution < -0.4 is 4.74 Å². The van der Waals surface area contributed by atoms with Crippen molar-refractivity contribution in [1.29, 1.82) is 0 Å². The Labute approximate surface area is 84.9 Å². The van der Waals surface area contributed by atoms with Crippen molar-refractivity contribution in [3.8, 4) is 5.75 Å². The van der Waals surface area contributed by atoms with Gasteiger partial charge in [-0.25, -0.2) is 0 Å². The highest BCUT2D eigenvalue weighted by molar-refractivity contribution is 5.46. The normalized spacial score (nSPS) is 11.1. The number of benzene rings is 1. The number of carbonyl (C=O) groups is 1. The standard InChI is InChI=1S/C12H16O2/c1-4-12(2,3)10-6-5-7-11(8-10)14-9-13/h5-9H,4H2,1-3H3. The fourth-order valence-electron chi connectivity index (χ4n) is 1.25. The number of hydrogen-bond donors (Lipinski definition) is 0. The molecule has 0 bridgehead atoms. The van der Waals surface area contributed by atoms with Crippen LogP contribution in [0.1, 0.15) is 32.8 Å². The molecule has 0 radical (unpaired) electrons. The third kappa shape index (κ3) is 2.34. The molecule has 76 valence electrons. The van der Waals surface area contributed by atoms with Gasteiger partial charge < -0.3 is 4.74 Å². The summed E-state index contributed by atoms with van der Waals surface area (Å²) in [5.74, 6) is 0.610. The lowest BCUT2D eigenvalue weighted by Crippen LogP contribution is -2.15. The molecule has 0 aliphatic rings. The molecule has 0 aliphatic heterocycles. The first kappa shape index (κ1) is 10.8. The predicted octanol–water partition coefficient (Wildman–Crippen LogP) is 2.91. The van der Waals surface area contributed by atoms with Crippen LogP contribution >= 0.6 is 0 Å². The van der Waals surface area contributed by atoms with Crippen molar-refractivity contribution in [3.63, 3.8) is 0 Å². The lowest BCUT2D eigenvalue weighted by Gasteiger charge is -2.23. The molecule has 0 N–H and O–H groups in total. The SMILES string of the molecule is CCC(C)(C)c1cccc(OC=O)c1. The Bertz CT molecular complexity index is 316. The minimum absolute atomic E-state index is 0.127. The maximum Gasteiger partial charge on any atom is 0.298 e. The number of hydrogen-bond acceptors (Lipinski definition) is 2. The van der Waals surface area contributed by atoms with Gasteiger partial charge in [-0.05, 0) is 29.5 Å². The molecule has 0 amide bonds. The van der Waals surface area contributed by atoms with Gasteiger partial charge in [-0.1, -0.05) is 32.9 Å². The molecule has 1 aromatic rings. The van der Waals surface area contributed by atoms with Gasteiger partial charge in [0, 0.05) is 0 Å². The Morgan fingerprint density at radius 2 is 2.14 bits per heavy atom. The first-order valence-electron chi connectivity index (χ1n) is 4.81. The van der Waals surface area contributed by atoms with Gasteiger partial charge in [-0.3, -0.25) is 4.79 Å². The fraction of sp³-hybridized carbons (Fsp3) is 0.417. The Morgan fingerprint density at radius 3 is 2.71 bits per heavy atom. The van der Waals surface area contributed by atoms with Crippen molar-refractivity contribution in [3.05, 3.63) is 29.8 Å². The lowest BCUT2D eigenvalue weighted by atomic mass is 9.82. The summed E-state index contributed by atoms with van der Waals surface area (Å²) in [5, 5.41) is 0. The van der Waals surface area contributed by atoms with Gasteiger partial charge in [-0.15, -0.1) is 0 Å². The summed E-state index contributed by atoms with van der Waals surface area (Å²) < 4.78 is 4.81. The van der Waals surface area contributed by atoms with Crippen LogP contribution in [0, 0.1) is 0 Å². The summed E-state index contributed by atoms with van der Waals surface area (Å²) >= 11 is 0. The zero-order valence-electron chi connectivity index (χ0n) is 8.91. The molecule has 0 fully saturated rings. The van der Waals surface area contributed by atoms with E-state index in [1.807, 2.05) is 12.1 Å². The number of ether oxygens (including phenoxy) is 1. The van der Waals surface area contributed by atoms with Crippen LogP contribution in [0.5, 0.6) is 5.75 Å². The van der Waals surface area contributed by atoms with Crippen LogP contribution in [-0.2, 0) is 10.2 Å². The van der Waals surface area contributed by atoms with Gasteiger partial charge in [0.25, 0.3) is 6.47 Å². The number of rotatable bonds is 4. The molecule has 14 heavy (non-hydrogen) atoms. The van der Waals surface area contributed by atoms with E-state index in [4.69, 9.17) is 4.74 Å². The molecule has 1 rings (SSSR count). The zero-order chi connectivity index (χ0) is 10.6. The first-order chi connectivity index (χ1) is 6.60. The van der Waals surface area contributed by atoms with Crippen molar-refractivity contribution < 1.29 is 9.53 Å². The molecule has 2 nitrogen and oxygen atoms in total. The van der Waals surface area contributed by atoms with E-state index in [9.17, 15) is 4.79 Å². The van der Waals surface area contributed by atoms with Crippen LogP contribution in [0.25, 0.3) is 0 Å². The first-order valence-corrected chi connectivity index (χ1v) is 4.81. The molecular formula is C12H16O2. The molecule has 0 atom stereocenters. The van der Waals surface area contributed by atoms with Gasteiger partial charge in [0.05, 0.1) is 0 Å². The molecule has 2 heteroatoms. The van der Waals surface area contributed by atoms with E-state index in [0.717, 1.165) is 6.42 Å². The molecule has 0 heterocycles. The predicted molar refractivity (Wildman–Crippen MR) is 56.5 cm³/mol. The third-order valence-electron chi connectivity index (χ3n) is 2.68. The highest BCUT2D eigenvalue weighted by atomic mass is 16.5. The second kappa shape index (κ2) is 4.27. The maximum atomic E-state index is 10.2. The summed E-state index contributed by atoms with van der Waals surface area (Å²) in [4.78, 5) is 10.2. The van der Waals surface area contributed by atoms with Gasteiger partial charge >= 0.3 is 0 Å². The fourth-order valence-corrected chi connectivity index (χ4v) is 1.25. The molecule has 0 aromatic heterocycles. The van der Waals surface area contributed by atoms with Crippen molar-refractivity contribution >= 4 is 6.47 Å². The Balaban J connectivity index is 2.98. The van der Waals surface area contributed by atoms with E-state index in [1.165, 1.54) is 5.56 Å². The smallest absolute Gasteiger partial charge is 0.298 e. The minimum atomic E-state index is 0.127. The van der Waals surface area contributed by atoms with E-state index in [0.29, 0.717) is 12.2 Å². The van der Waals surface area contributed by atoms with E-state index < -0.39 is 0 Å². The monoisotopic (exact) mass is 192 g/mol. The van der Waals surface area contributed by atoms with E-state index in [2.05, 4.69) is 26.8 Å². The summed E-state index contributed by atoms with van der Waals surface area (Å²) in [7, 11) is 0. The minimum Gasteiger partial charge on any atom is -0.429 e. The summed E-state index contributed by atoms with van der Waals surface area (Å²) in [5.41, 5.74) is 1.32.